The Balaban J connectivity index is 1.85. The highest BCUT2D eigenvalue weighted by atomic mass is 19.3. The van der Waals surface area contributed by atoms with Crippen LogP contribution in [0.4, 0.5) is 8.78 Å². The molecule has 2 nitrogen and oxygen atoms in total. The number of para-hydroxylation sites is 2. The molecule has 1 N–H and O–H groups in total. The lowest BCUT2D eigenvalue weighted by Gasteiger charge is -2.26. The second-order valence-corrected chi connectivity index (χ2v) is 4.77. The molecule has 17 heavy (non-hydrogen) atoms. The Morgan fingerprint density at radius 1 is 1.18 bits per heavy atom. The molecule has 1 saturated carbocycles. The van der Waals surface area contributed by atoms with E-state index in [0.717, 1.165) is 16.9 Å². The van der Waals surface area contributed by atoms with E-state index in [2.05, 4.69) is 9.97 Å². The third kappa shape index (κ3) is 2.04. The number of benzene rings is 1. The molecule has 0 spiro atoms. The van der Waals surface area contributed by atoms with E-state index in [1.165, 1.54) is 0 Å². The van der Waals surface area contributed by atoms with Crippen molar-refractivity contribution in [1.29, 1.82) is 0 Å². The van der Waals surface area contributed by atoms with E-state index in [1.807, 2.05) is 24.3 Å². The predicted molar refractivity (Wildman–Crippen MR) is 62.2 cm³/mol. The zero-order valence-corrected chi connectivity index (χ0v) is 9.42. The average molecular weight is 236 g/mol. The van der Waals surface area contributed by atoms with Crippen LogP contribution in [-0.2, 0) is 0 Å². The predicted octanol–water partition coefficient (Wildman–Crippen LogP) is 3.86. The molecule has 2 aromatic rings. The number of halogens is 2. The van der Waals surface area contributed by atoms with Crippen LogP contribution in [0.25, 0.3) is 11.0 Å². The van der Waals surface area contributed by atoms with Gasteiger partial charge in [0.25, 0.3) is 0 Å². The van der Waals surface area contributed by atoms with Gasteiger partial charge in [0.15, 0.2) is 0 Å². The Labute approximate surface area is 98.1 Å². The maximum atomic E-state index is 13.1. The number of alkyl halides is 2. The van der Waals surface area contributed by atoms with Crippen molar-refractivity contribution in [3.8, 4) is 0 Å². The first-order valence-corrected chi connectivity index (χ1v) is 5.96. The molecule has 1 aliphatic carbocycles. The van der Waals surface area contributed by atoms with E-state index in [0.29, 0.717) is 12.8 Å². The van der Waals surface area contributed by atoms with E-state index in [1.54, 1.807) is 0 Å². The summed E-state index contributed by atoms with van der Waals surface area (Å²) in [5.41, 5.74) is 1.90. The molecule has 1 heterocycles. The second kappa shape index (κ2) is 3.79. The minimum atomic E-state index is -2.47. The smallest absolute Gasteiger partial charge is 0.248 e. The summed E-state index contributed by atoms with van der Waals surface area (Å²) in [7, 11) is 0. The van der Waals surface area contributed by atoms with Crippen LogP contribution in [-0.4, -0.2) is 15.9 Å². The van der Waals surface area contributed by atoms with Crippen LogP contribution in [0.5, 0.6) is 0 Å². The van der Waals surface area contributed by atoms with Gasteiger partial charge in [-0.15, -0.1) is 0 Å². The molecule has 0 bridgehead atoms. The van der Waals surface area contributed by atoms with Crippen LogP contribution in [0.3, 0.4) is 0 Å². The van der Waals surface area contributed by atoms with Crippen LogP contribution < -0.4 is 0 Å². The Bertz CT molecular complexity index is 490. The van der Waals surface area contributed by atoms with Crippen molar-refractivity contribution >= 4 is 11.0 Å². The average Bonchev–Trinajstić information content (AvgIpc) is 2.72. The fourth-order valence-corrected chi connectivity index (χ4v) is 2.48. The molecular weight excluding hydrogens is 222 g/mol. The quantitative estimate of drug-likeness (QED) is 0.800. The number of hydrogen-bond acceptors (Lipinski definition) is 1. The summed E-state index contributed by atoms with van der Waals surface area (Å²) >= 11 is 0. The molecule has 4 heteroatoms. The lowest BCUT2D eigenvalue weighted by Crippen LogP contribution is -2.24. The fraction of sp³-hybridized carbons (Fsp3) is 0.462. The van der Waals surface area contributed by atoms with Gasteiger partial charge in [-0.2, -0.15) is 0 Å². The molecule has 90 valence electrons. The topological polar surface area (TPSA) is 28.7 Å². The van der Waals surface area contributed by atoms with Gasteiger partial charge in [-0.1, -0.05) is 12.1 Å². The first-order chi connectivity index (χ1) is 8.14. The van der Waals surface area contributed by atoms with Crippen LogP contribution in [0, 0.1) is 0 Å². The molecular formula is C13H14F2N2. The number of H-pyrrole nitrogens is 1. The van der Waals surface area contributed by atoms with Crippen molar-refractivity contribution in [3.05, 3.63) is 30.1 Å². The van der Waals surface area contributed by atoms with Crippen molar-refractivity contribution in [2.24, 2.45) is 0 Å². The molecule has 0 unspecified atom stereocenters. The van der Waals surface area contributed by atoms with Gasteiger partial charge >= 0.3 is 0 Å². The number of fused-ring (bicyclic) bond motifs is 1. The first-order valence-electron chi connectivity index (χ1n) is 5.96. The molecule has 0 saturated heterocycles. The normalized spacial score (nSPS) is 20.8. The summed E-state index contributed by atoms with van der Waals surface area (Å²) in [4.78, 5) is 7.72. The summed E-state index contributed by atoms with van der Waals surface area (Å²) < 4.78 is 26.1. The highest BCUT2D eigenvalue weighted by Crippen LogP contribution is 2.40. The molecule has 0 aliphatic heterocycles. The van der Waals surface area contributed by atoms with Crippen molar-refractivity contribution in [2.45, 2.75) is 37.5 Å². The Kier molecular flexibility index (Phi) is 2.38. The summed E-state index contributed by atoms with van der Waals surface area (Å²) in [6.45, 7) is 0. The van der Waals surface area contributed by atoms with Crippen LogP contribution in [0.2, 0.25) is 0 Å². The Morgan fingerprint density at radius 2 is 1.88 bits per heavy atom. The maximum Gasteiger partial charge on any atom is 0.248 e. The van der Waals surface area contributed by atoms with E-state index in [4.69, 9.17) is 0 Å². The summed E-state index contributed by atoms with van der Waals surface area (Å²) in [5.74, 6) is -1.45. The van der Waals surface area contributed by atoms with Gasteiger partial charge in [-0.3, -0.25) is 0 Å². The number of hydrogen-bond donors (Lipinski definition) is 1. The number of nitrogens with zero attached hydrogens (tertiary/aromatic N) is 1. The molecule has 3 rings (SSSR count). The lowest BCUT2D eigenvalue weighted by molar-refractivity contribution is -0.0387. The van der Waals surface area contributed by atoms with E-state index >= 15 is 0 Å². The van der Waals surface area contributed by atoms with Gasteiger partial charge in [0, 0.05) is 18.8 Å². The summed E-state index contributed by atoms with van der Waals surface area (Å²) in [6, 6.07) is 7.78. The molecule has 1 aromatic heterocycles. The molecule has 0 atom stereocenters. The van der Waals surface area contributed by atoms with Gasteiger partial charge in [0.05, 0.1) is 11.0 Å². The highest BCUT2D eigenvalue weighted by Gasteiger charge is 2.36. The number of imidazole rings is 1. The van der Waals surface area contributed by atoms with Gasteiger partial charge in [-0.05, 0) is 25.0 Å². The standard InChI is InChI=1S/C13H14F2N2/c14-13(15)7-5-9(6-8-13)12-16-10-3-1-2-4-11(10)17-12/h1-4,9H,5-8H2,(H,16,17). The Morgan fingerprint density at radius 3 is 2.59 bits per heavy atom. The molecule has 1 aromatic carbocycles. The SMILES string of the molecule is FC1(F)CCC(c2nc3ccccc3[nH]2)CC1. The molecule has 1 fully saturated rings. The monoisotopic (exact) mass is 236 g/mol. The van der Waals surface area contributed by atoms with Crippen molar-refractivity contribution < 1.29 is 8.78 Å². The van der Waals surface area contributed by atoms with Crippen LogP contribution in [0.1, 0.15) is 37.4 Å². The van der Waals surface area contributed by atoms with Gasteiger partial charge in [0.2, 0.25) is 5.92 Å². The number of aromatic amines is 1. The highest BCUT2D eigenvalue weighted by molar-refractivity contribution is 5.74. The largest absolute Gasteiger partial charge is 0.342 e. The van der Waals surface area contributed by atoms with Gasteiger partial charge < -0.3 is 4.98 Å². The minimum absolute atomic E-state index is 0.0191. The zero-order valence-electron chi connectivity index (χ0n) is 9.42. The van der Waals surface area contributed by atoms with E-state index in [-0.39, 0.29) is 18.8 Å². The minimum Gasteiger partial charge on any atom is -0.342 e. The number of nitrogens with one attached hydrogen (secondary N) is 1. The summed E-state index contributed by atoms with van der Waals surface area (Å²) in [5, 5.41) is 0. The molecule has 1 aliphatic rings. The van der Waals surface area contributed by atoms with Crippen molar-refractivity contribution in [3.63, 3.8) is 0 Å². The Hall–Kier alpha value is -1.45. The molecule has 0 amide bonds. The van der Waals surface area contributed by atoms with Crippen molar-refractivity contribution in [2.75, 3.05) is 0 Å². The van der Waals surface area contributed by atoms with E-state index in [9.17, 15) is 8.78 Å². The second-order valence-electron chi connectivity index (χ2n) is 4.77. The third-order valence-corrected chi connectivity index (χ3v) is 3.51. The first kappa shape index (κ1) is 10.7. The third-order valence-electron chi connectivity index (χ3n) is 3.51. The van der Waals surface area contributed by atoms with Gasteiger partial charge in [0.1, 0.15) is 5.82 Å². The lowest BCUT2D eigenvalue weighted by atomic mass is 9.86. The van der Waals surface area contributed by atoms with E-state index < -0.39 is 5.92 Å². The van der Waals surface area contributed by atoms with Crippen LogP contribution in [0.15, 0.2) is 24.3 Å². The number of rotatable bonds is 1. The fourth-order valence-electron chi connectivity index (χ4n) is 2.48. The van der Waals surface area contributed by atoms with Crippen LogP contribution >= 0.6 is 0 Å². The molecule has 0 radical (unpaired) electrons. The number of aromatic nitrogens is 2. The van der Waals surface area contributed by atoms with Gasteiger partial charge in [-0.25, -0.2) is 13.8 Å². The summed E-state index contributed by atoms with van der Waals surface area (Å²) in [6.07, 6.45) is 1.00. The van der Waals surface area contributed by atoms with Crippen molar-refractivity contribution in [1.82, 2.24) is 9.97 Å². The maximum absolute atomic E-state index is 13.1. The zero-order chi connectivity index (χ0) is 11.9.